The molecule has 0 saturated carbocycles. The maximum atomic E-state index is 12.4. The van der Waals surface area contributed by atoms with Crippen molar-refractivity contribution in [1.29, 1.82) is 0 Å². The molecule has 1 heterocycles. The molecular weight excluding hydrogens is 304 g/mol. The summed E-state index contributed by atoms with van der Waals surface area (Å²) in [5, 5.41) is 0. The summed E-state index contributed by atoms with van der Waals surface area (Å²) >= 11 is 0. The van der Waals surface area contributed by atoms with Crippen molar-refractivity contribution in [2.24, 2.45) is 0 Å². The van der Waals surface area contributed by atoms with Crippen LogP contribution in [0.4, 0.5) is 11.4 Å². The fraction of sp³-hybridized carbons (Fsp3) is 0.263. The van der Waals surface area contributed by atoms with E-state index >= 15 is 0 Å². The monoisotopic (exact) mass is 324 g/mol. The molecule has 1 unspecified atom stereocenters. The second kappa shape index (κ2) is 6.74. The average Bonchev–Trinajstić information content (AvgIpc) is 2.62. The highest BCUT2D eigenvalue weighted by Gasteiger charge is 2.31. The maximum Gasteiger partial charge on any atom is 0.267 e. The minimum atomic E-state index is -0.540. The Morgan fingerprint density at radius 2 is 1.79 bits per heavy atom. The van der Waals surface area contributed by atoms with Crippen LogP contribution >= 0.6 is 0 Å². The van der Waals surface area contributed by atoms with Crippen LogP contribution in [0.2, 0.25) is 0 Å². The molecule has 0 bridgehead atoms. The van der Waals surface area contributed by atoms with E-state index in [4.69, 9.17) is 4.74 Å². The lowest BCUT2D eigenvalue weighted by Crippen LogP contribution is -2.45. The zero-order valence-corrected chi connectivity index (χ0v) is 13.8. The molecule has 0 aliphatic carbocycles. The molecule has 5 nitrogen and oxygen atoms in total. The molecule has 1 atom stereocenters. The summed E-state index contributed by atoms with van der Waals surface area (Å²) in [6.07, 6.45) is -0.292. The topological polar surface area (TPSA) is 49.9 Å². The van der Waals surface area contributed by atoms with E-state index in [1.54, 1.807) is 23.8 Å². The van der Waals surface area contributed by atoms with Gasteiger partial charge in [0.1, 0.15) is 5.75 Å². The number of hydrogen-bond donors (Lipinski definition) is 0. The van der Waals surface area contributed by atoms with Gasteiger partial charge in [-0.15, -0.1) is 0 Å². The Labute approximate surface area is 141 Å². The first-order valence-electron chi connectivity index (χ1n) is 7.96. The van der Waals surface area contributed by atoms with Crippen LogP contribution in [0.5, 0.6) is 5.75 Å². The lowest BCUT2D eigenvalue weighted by Gasteiger charge is -2.33. The van der Waals surface area contributed by atoms with Crippen LogP contribution < -0.4 is 14.5 Å². The molecule has 24 heavy (non-hydrogen) atoms. The zero-order valence-electron chi connectivity index (χ0n) is 13.8. The van der Waals surface area contributed by atoms with Gasteiger partial charge >= 0.3 is 0 Å². The Kier molecular flexibility index (Phi) is 4.51. The van der Waals surface area contributed by atoms with E-state index in [-0.39, 0.29) is 18.2 Å². The van der Waals surface area contributed by atoms with Crippen LogP contribution in [0.1, 0.15) is 13.3 Å². The van der Waals surface area contributed by atoms with E-state index in [0.29, 0.717) is 12.3 Å². The highest BCUT2D eigenvalue weighted by molar-refractivity contribution is 6.01. The first kappa shape index (κ1) is 16.1. The minimum Gasteiger partial charge on any atom is -0.479 e. The molecule has 0 fully saturated rings. The summed E-state index contributed by atoms with van der Waals surface area (Å²) < 4.78 is 5.61. The van der Waals surface area contributed by atoms with Crippen LogP contribution in [0, 0.1) is 0 Å². The van der Waals surface area contributed by atoms with Crippen LogP contribution in [0.3, 0.4) is 0 Å². The Morgan fingerprint density at radius 1 is 1.12 bits per heavy atom. The Morgan fingerprint density at radius 3 is 2.54 bits per heavy atom. The lowest BCUT2D eigenvalue weighted by atomic mass is 10.1. The van der Waals surface area contributed by atoms with Gasteiger partial charge in [-0.05, 0) is 31.2 Å². The van der Waals surface area contributed by atoms with Gasteiger partial charge in [0.05, 0.1) is 5.69 Å². The summed E-state index contributed by atoms with van der Waals surface area (Å²) in [7, 11) is 1.75. The van der Waals surface area contributed by atoms with E-state index < -0.39 is 6.10 Å². The first-order chi connectivity index (χ1) is 11.6. The number of carbonyl (C=O) groups excluding carboxylic acids is 2. The SMILES string of the molecule is CC1Oc2ccccc2N(CCC(=O)N(C)c2ccccc2)C1=O. The van der Waals surface area contributed by atoms with Gasteiger partial charge < -0.3 is 14.5 Å². The first-order valence-corrected chi connectivity index (χ1v) is 7.96. The van der Waals surface area contributed by atoms with Gasteiger partial charge in [-0.3, -0.25) is 9.59 Å². The van der Waals surface area contributed by atoms with Crippen LogP contribution in [0.15, 0.2) is 54.6 Å². The summed E-state index contributed by atoms with van der Waals surface area (Å²) in [6.45, 7) is 2.06. The number of rotatable bonds is 4. The number of amides is 2. The summed E-state index contributed by atoms with van der Waals surface area (Å²) in [5.41, 5.74) is 1.56. The second-order valence-electron chi connectivity index (χ2n) is 5.76. The highest BCUT2D eigenvalue weighted by atomic mass is 16.5. The molecule has 5 heteroatoms. The summed E-state index contributed by atoms with van der Waals surface area (Å²) in [6, 6.07) is 16.9. The number of fused-ring (bicyclic) bond motifs is 1. The van der Waals surface area contributed by atoms with E-state index in [1.807, 2.05) is 54.6 Å². The van der Waals surface area contributed by atoms with Crippen LogP contribution in [-0.4, -0.2) is 31.5 Å². The Balaban J connectivity index is 1.72. The number of hydrogen-bond acceptors (Lipinski definition) is 3. The Bertz CT molecular complexity index is 745. The average molecular weight is 324 g/mol. The minimum absolute atomic E-state index is 0.0365. The van der Waals surface area contributed by atoms with E-state index in [9.17, 15) is 9.59 Å². The standard InChI is InChI=1S/C19H20N2O3/c1-14-19(23)21(16-10-6-7-11-17(16)24-14)13-12-18(22)20(2)15-8-4-3-5-9-15/h3-11,14H,12-13H2,1-2H3. The van der Waals surface area contributed by atoms with Crippen molar-refractivity contribution in [2.75, 3.05) is 23.4 Å². The summed E-state index contributed by atoms with van der Waals surface area (Å²) in [5.74, 6) is 0.517. The van der Waals surface area contributed by atoms with Gasteiger partial charge in [0.15, 0.2) is 6.10 Å². The third-order valence-corrected chi connectivity index (χ3v) is 4.14. The molecule has 0 radical (unpaired) electrons. The molecule has 2 aromatic carbocycles. The smallest absolute Gasteiger partial charge is 0.267 e. The van der Waals surface area contributed by atoms with Crippen molar-refractivity contribution < 1.29 is 14.3 Å². The number of benzene rings is 2. The third-order valence-electron chi connectivity index (χ3n) is 4.14. The molecule has 0 saturated heterocycles. The molecule has 2 aromatic rings. The van der Waals surface area contributed by atoms with Gasteiger partial charge in [0.2, 0.25) is 5.91 Å². The number of ether oxygens (including phenoxy) is 1. The van der Waals surface area contributed by atoms with Gasteiger partial charge in [-0.2, -0.15) is 0 Å². The number of carbonyl (C=O) groups is 2. The van der Waals surface area contributed by atoms with E-state index in [1.165, 1.54) is 0 Å². The van der Waals surface area contributed by atoms with Crippen molar-refractivity contribution in [2.45, 2.75) is 19.4 Å². The highest BCUT2D eigenvalue weighted by Crippen LogP contribution is 2.33. The predicted molar refractivity (Wildman–Crippen MR) is 93.4 cm³/mol. The molecule has 3 rings (SSSR count). The largest absolute Gasteiger partial charge is 0.479 e. The molecule has 0 spiro atoms. The van der Waals surface area contributed by atoms with Crippen molar-refractivity contribution >= 4 is 23.2 Å². The molecule has 0 aromatic heterocycles. The van der Waals surface area contributed by atoms with Gasteiger partial charge in [-0.1, -0.05) is 30.3 Å². The molecule has 124 valence electrons. The number of nitrogens with zero attached hydrogens (tertiary/aromatic N) is 2. The zero-order chi connectivity index (χ0) is 17.1. The van der Waals surface area contributed by atoms with Gasteiger partial charge in [-0.25, -0.2) is 0 Å². The fourth-order valence-electron chi connectivity index (χ4n) is 2.76. The van der Waals surface area contributed by atoms with E-state index in [0.717, 1.165) is 11.4 Å². The third kappa shape index (κ3) is 3.11. The second-order valence-corrected chi connectivity index (χ2v) is 5.76. The molecule has 2 amide bonds. The van der Waals surface area contributed by atoms with Gasteiger partial charge in [0, 0.05) is 25.7 Å². The van der Waals surface area contributed by atoms with Crippen molar-refractivity contribution in [3.63, 3.8) is 0 Å². The number of para-hydroxylation sites is 3. The normalized spacial score (nSPS) is 16.3. The van der Waals surface area contributed by atoms with Crippen LogP contribution in [0.25, 0.3) is 0 Å². The number of anilines is 2. The summed E-state index contributed by atoms with van der Waals surface area (Å²) in [4.78, 5) is 28.1. The van der Waals surface area contributed by atoms with Crippen molar-refractivity contribution in [3.8, 4) is 5.75 Å². The lowest BCUT2D eigenvalue weighted by molar-refractivity contribution is -0.125. The molecule has 0 N–H and O–H groups in total. The molecule has 1 aliphatic heterocycles. The van der Waals surface area contributed by atoms with Crippen molar-refractivity contribution in [1.82, 2.24) is 0 Å². The predicted octanol–water partition coefficient (Wildman–Crippen LogP) is 2.85. The van der Waals surface area contributed by atoms with E-state index in [2.05, 4.69) is 0 Å². The van der Waals surface area contributed by atoms with Gasteiger partial charge in [0.25, 0.3) is 5.91 Å². The quantitative estimate of drug-likeness (QED) is 0.869. The fourth-order valence-corrected chi connectivity index (χ4v) is 2.76. The van der Waals surface area contributed by atoms with Crippen molar-refractivity contribution in [3.05, 3.63) is 54.6 Å². The Hall–Kier alpha value is -2.82. The maximum absolute atomic E-state index is 12.4. The van der Waals surface area contributed by atoms with Crippen LogP contribution in [-0.2, 0) is 9.59 Å². The molecule has 1 aliphatic rings. The molecular formula is C19H20N2O3.